The van der Waals surface area contributed by atoms with Gasteiger partial charge in [0.15, 0.2) is 0 Å². The number of aromatic amines is 1. The number of carboxylic acid groups (broad SMARTS) is 1. The molecule has 0 aromatic carbocycles. The Morgan fingerprint density at radius 3 is 2.65 bits per heavy atom. The van der Waals surface area contributed by atoms with Gasteiger partial charge in [-0.2, -0.15) is 0 Å². The number of rotatable bonds is 5. The molecule has 4 heteroatoms. The number of nitrogens with one attached hydrogen (secondary N) is 1. The molecule has 0 aliphatic heterocycles. The van der Waals surface area contributed by atoms with Gasteiger partial charge in [0.1, 0.15) is 6.04 Å². The van der Waals surface area contributed by atoms with E-state index in [1.807, 2.05) is 12.2 Å². The van der Waals surface area contributed by atoms with Crippen LogP contribution in [0.25, 0.3) is 12.2 Å². The Balaban J connectivity index is 3.22. The van der Waals surface area contributed by atoms with E-state index in [1.165, 1.54) is 0 Å². The fourth-order valence-corrected chi connectivity index (χ4v) is 1.56. The largest absolute Gasteiger partial charge is 0.480 e. The number of carbonyl (C=O) groups is 1. The third-order valence-electron chi connectivity index (χ3n) is 2.36. The molecule has 0 amide bonds. The summed E-state index contributed by atoms with van der Waals surface area (Å²) in [6, 6.07) is -0.903. The molecule has 0 fully saturated rings. The number of hydrogen-bond donors (Lipinski definition) is 3. The highest BCUT2D eigenvalue weighted by Gasteiger charge is 2.13. The first-order valence-electron chi connectivity index (χ1n) is 5.20. The van der Waals surface area contributed by atoms with Gasteiger partial charge < -0.3 is 15.8 Å². The maximum atomic E-state index is 10.7. The third kappa shape index (κ3) is 3.19. The fourth-order valence-electron chi connectivity index (χ4n) is 1.56. The number of carboxylic acids is 1. The third-order valence-corrected chi connectivity index (χ3v) is 2.36. The first kappa shape index (κ1) is 13.0. The molecule has 0 radical (unpaired) electrons. The molecular formula is C13H16N2O2. The molecule has 1 heterocycles. The molecule has 1 aromatic rings. The van der Waals surface area contributed by atoms with Crippen molar-refractivity contribution in [3.05, 3.63) is 47.6 Å². The van der Waals surface area contributed by atoms with Gasteiger partial charge in [-0.1, -0.05) is 31.4 Å². The Labute approximate surface area is 99.5 Å². The van der Waals surface area contributed by atoms with Gasteiger partial charge in [-0.25, -0.2) is 0 Å². The maximum Gasteiger partial charge on any atom is 0.320 e. The van der Waals surface area contributed by atoms with Crippen molar-refractivity contribution in [2.24, 2.45) is 5.73 Å². The highest BCUT2D eigenvalue weighted by atomic mass is 16.4. The van der Waals surface area contributed by atoms with Crippen molar-refractivity contribution >= 4 is 18.1 Å². The predicted octanol–water partition coefficient (Wildman–Crippen LogP) is -0.0979. The lowest BCUT2D eigenvalue weighted by Crippen LogP contribution is -2.35. The summed E-state index contributed by atoms with van der Waals surface area (Å²) in [5, 5.41) is 10.6. The van der Waals surface area contributed by atoms with Crippen LogP contribution in [0.3, 0.4) is 0 Å². The molecule has 4 nitrogen and oxygen atoms in total. The molecule has 1 atom stereocenters. The van der Waals surface area contributed by atoms with Gasteiger partial charge in [-0.15, -0.1) is 0 Å². The minimum atomic E-state index is -1.01. The van der Waals surface area contributed by atoms with Crippen molar-refractivity contribution in [1.82, 2.24) is 4.98 Å². The van der Waals surface area contributed by atoms with Crippen LogP contribution in [-0.2, 0) is 11.2 Å². The van der Waals surface area contributed by atoms with Crippen molar-refractivity contribution in [3.63, 3.8) is 0 Å². The SMILES string of the molecule is C=C/C=c1/c(CC(N)C(=O)O)c[nH]/c1=C/C=C. The van der Waals surface area contributed by atoms with Gasteiger partial charge in [0.25, 0.3) is 0 Å². The van der Waals surface area contributed by atoms with Gasteiger partial charge in [0.05, 0.1) is 0 Å². The van der Waals surface area contributed by atoms with E-state index in [4.69, 9.17) is 10.8 Å². The first-order valence-corrected chi connectivity index (χ1v) is 5.20. The Kier molecular flexibility index (Phi) is 4.48. The minimum absolute atomic E-state index is 0.274. The monoisotopic (exact) mass is 232 g/mol. The van der Waals surface area contributed by atoms with Crippen LogP contribution in [0, 0.1) is 0 Å². The molecule has 0 saturated heterocycles. The summed E-state index contributed by atoms with van der Waals surface area (Å²) < 4.78 is 0. The second kappa shape index (κ2) is 5.86. The molecule has 0 saturated carbocycles. The Bertz CT molecular complexity index is 540. The van der Waals surface area contributed by atoms with Crippen molar-refractivity contribution in [1.29, 1.82) is 0 Å². The lowest BCUT2D eigenvalue weighted by molar-refractivity contribution is -0.138. The number of aliphatic carboxylic acids is 1. The molecule has 1 aromatic heterocycles. The predicted molar refractivity (Wildman–Crippen MR) is 68.7 cm³/mol. The summed E-state index contributed by atoms with van der Waals surface area (Å²) in [6.45, 7) is 7.26. The smallest absolute Gasteiger partial charge is 0.320 e. The molecule has 90 valence electrons. The van der Waals surface area contributed by atoms with E-state index in [0.717, 1.165) is 16.1 Å². The van der Waals surface area contributed by atoms with E-state index in [9.17, 15) is 4.79 Å². The van der Waals surface area contributed by atoms with Crippen LogP contribution in [0.2, 0.25) is 0 Å². The summed E-state index contributed by atoms with van der Waals surface area (Å²) in [7, 11) is 0. The number of allylic oxidation sites excluding steroid dienone is 2. The topological polar surface area (TPSA) is 79.1 Å². The maximum absolute atomic E-state index is 10.7. The molecule has 1 rings (SSSR count). The van der Waals surface area contributed by atoms with E-state index in [1.54, 1.807) is 18.3 Å². The Hall–Kier alpha value is -2.07. The molecule has 4 N–H and O–H groups in total. The average molecular weight is 232 g/mol. The highest BCUT2D eigenvalue weighted by molar-refractivity contribution is 5.73. The van der Waals surface area contributed by atoms with Gasteiger partial charge in [0, 0.05) is 23.2 Å². The van der Waals surface area contributed by atoms with Gasteiger partial charge in [0.2, 0.25) is 0 Å². The standard InChI is InChI=1S/C13H16N2O2/c1-3-5-10-9(7-11(14)13(16)17)8-15-12(10)6-4-2/h3-6,8,11,15H,1-2,7,14H2,(H,16,17)/b10-5-,12-6+. The molecule has 17 heavy (non-hydrogen) atoms. The average Bonchev–Trinajstić information content (AvgIpc) is 2.63. The molecule has 0 spiro atoms. The summed E-state index contributed by atoms with van der Waals surface area (Å²) in [4.78, 5) is 13.8. The fraction of sp³-hybridized carbons (Fsp3) is 0.154. The highest BCUT2D eigenvalue weighted by Crippen LogP contribution is 1.94. The van der Waals surface area contributed by atoms with Crippen molar-refractivity contribution in [2.45, 2.75) is 12.5 Å². The van der Waals surface area contributed by atoms with Crippen LogP contribution in [-0.4, -0.2) is 22.1 Å². The minimum Gasteiger partial charge on any atom is -0.480 e. The van der Waals surface area contributed by atoms with Gasteiger partial charge in [-0.3, -0.25) is 4.79 Å². The van der Waals surface area contributed by atoms with Crippen LogP contribution in [0.5, 0.6) is 0 Å². The van der Waals surface area contributed by atoms with Crippen molar-refractivity contribution in [3.8, 4) is 0 Å². The number of nitrogens with two attached hydrogens (primary N) is 1. The lowest BCUT2D eigenvalue weighted by Gasteiger charge is -2.03. The Morgan fingerprint density at radius 1 is 1.47 bits per heavy atom. The van der Waals surface area contributed by atoms with Crippen LogP contribution in [0.15, 0.2) is 31.5 Å². The summed E-state index contributed by atoms with van der Waals surface area (Å²) >= 11 is 0. The summed E-state index contributed by atoms with van der Waals surface area (Å²) in [5.74, 6) is -1.01. The van der Waals surface area contributed by atoms with Crippen molar-refractivity contribution in [2.75, 3.05) is 0 Å². The second-order valence-corrected chi connectivity index (χ2v) is 3.59. The van der Waals surface area contributed by atoms with Crippen LogP contribution < -0.4 is 16.3 Å². The van der Waals surface area contributed by atoms with Gasteiger partial charge in [-0.05, 0) is 11.6 Å². The van der Waals surface area contributed by atoms with E-state index >= 15 is 0 Å². The molecule has 0 aliphatic rings. The first-order chi connectivity index (χ1) is 8.10. The zero-order chi connectivity index (χ0) is 12.8. The second-order valence-electron chi connectivity index (χ2n) is 3.59. The number of aromatic nitrogens is 1. The van der Waals surface area contributed by atoms with Crippen LogP contribution in [0.4, 0.5) is 0 Å². The molecular weight excluding hydrogens is 216 g/mol. The normalized spacial score (nSPS) is 14.6. The molecule has 0 bridgehead atoms. The van der Waals surface area contributed by atoms with E-state index in [2.05, 4.69) is 18.1 Å². The molecule has 1 unspecified atom stereocenters. The lowest BCUT2D eigenvalue weighted by atomic mass is 10.1. The van der Waals surface area contributed by atoms with Crippen LogP contribution in [0.1, 0.15) is 5.56 Å². The number of hydrogen-bond acceptors (Lipinski definition) is 2. The number of H-pyrrole nitrogens is 1. The summed E-state index contributed by atoms with van der Waals surface area (Å²) in [5.41, 5.74) is 6.37. The Morgan fingerprint density at radius 2 is 2.12 bits per heavy atom. The van der Waals surface area contributed by atoms with Crippen LogP contribution >= 0.6 is 0 Å². The zero-order valence-corrected chi connectivity index (χ0v) is 9.52. The van der Waals surface area contributed by atoms with Gasteiger partial charge >= 0.3 is 5.97 Å². The van der Waals surface area contributed by atoms with E-state index in [0.29, 0.717) is 0 Å². The zero-order valence-electron chi connectivity index (χ0n) is 9.52. The summed E-state index contributed by atoms with van der Waals surface area (Å²) in [6.07, 6.45) is 8.97. The molecule has 0 aliphatic carbocycles. The van der Waals surface area contributed by atoms with E-state index in [-0.39, 0.29) is 6.42 Å². The van der Waals surface area contributed by atoms with E-state index < -0.39 is 12.0 Å². The van der Waals surface area contributed by atoms with Crippen molar-refractivity contribution < 1.29 is 9.90 Å². The quantitative estimate of drug-likeness (QED) is 0.663.